The average Bonchev–Trinajstić information content (AvgIpc) is 3.29. The van der Waals surface area contributed by atoms with Gasteiger partial charge in [0.2, 0.25) is 5.28 Å². The quantitative estimate of drug-likeness (QED) is 0.432. The summed E-state index contributed by atoms with van der Waals surface area (Å²) in [6.07, 6.45) is -3.86. The molecular formula is C18H16ClN7O4. The molecule has 0 aliphatic carbocycles. The van der Waals surface area contributed by atoms with Gasteiger partial charge in [0.1, 0.15) is 12.2 Å². The molecule has 2 aromatic heterocycles. The van der Waals surface area contributed by atoms with Crippen molar-refractivity contribution in [1.29, 1.82) is 5.26 Å². The maximum absolute atomic E-state index is 11.9. The third kappa shape index (κ3) is 3.42. The fourth-order valence-corrected chi connectivity index (χ4v) is 3.38. The second-order valence-electron chi connectivity index (χ2n) is 6.53. The van der Waals surface area contributed by atoms with Crippen LogP contribution in [0, 0.1) is 11.3 Å². The predicted octanol–water partition coefficient (Wildman–Crippen LogP) is 0.460. The van der Waals surface area contributed by atoms with Crippen LogP contribution in [0.1, 0.15) is 11.8 Å². The highest BCUT2D eigenvalue weighted by Gasteiger charge is 2.47. The Balaban J connectivity index is 1.72. The summed E-state index contributed by atoms with van der Waals surface area (Å²) in [7, 11) is 1.40. The first kappa shape index (κ1) is 20.0. The van der Waals surface area contributed by atoms with Gasteiger partial charge in [0, 0.05) is 12.7 Å². The standard InChI is InChI=1S/C18H16ClN7O4/c1-21-16(29)13-11(27)12(28)17(30-13)26-7-22-10-14(24-18(19)25-15(10)26)23-9-4-2-3-8(5-9)6-20/h2-5,7,11-13,17,27-28H,1H3,(H,21,29)(H,23,24,25)/t11-,12+,13-,17+/m0/s1. The molecule has 1 aliphatic heterocycles. The number of nitrogens with one attached hydrogen (secondary N) is 2. The molecule has 30 heavy (non-hydrogen) atoms. The highest BCUT2D eigenvalue weighted by atomic mass is 35.5. The number of ether oxygens (including phenoxy) is 1. The summed E-state index contributed by atoms with van der Waals surface area (Å²) in [5.74, 6) is -0.296. The van der Waals surface area contributed by atoms with E-state index in [1.807, 2.05) is 0 Å². The number of aromatic nitrogens is 4. The van der Waals surface area contributed by atoms with Crippen molar-refractivity contribution in [2.45, 2.75) is 24.5 Å². The Labute approximate surface area is 174 Å². The number of amides is 1. The van der Waals surface area contributed by atoms with Crippen LogP contribution in [0.4, 0.5) is 11.5 Å². The molecule has 0 bridgehead atoms. The number of rotatable bonds is 4. The minimum Gasteiger partial charge on any atom is -0.387 e. The number of carbonyl (C=O) groups is 1. The molecule has 1 aromatic carbocycles. The van der Waals surface area contributed by atoms with Crippen molar-refractivity contribution in [3.05, 3.63) is 41.4 Å². The molecule has 0 saturated carbocycles. The lowest BCUT2D eigenvalue weighted by molar-refractivity contribution is -0.137. The van der Waals surface area contributed by atoms with Gasteiger partial charge in [0.05, 0.1) is 18.0 Å². The van der Waals surface area contributed by atoms with Crippen LogP contribution in [0.25, 0.3) is 11.2 Å². The van der Waals surface area contributed by atoms with Crippen molar-refractivity contribution in [3.63, 3.8) is 0 Å². The summed E-state index contributed by atoms with van der Waals surface area (Å²) >= 11 is 6.08. The van der Waals surface area contributed by atoms with Gasteiger partial charge < -0.3 is 25.6 Å². The molecule has 0 radical (unpaired) electrons. The van der Waals surface area contributed by atoms with Crippen LogP contribution < -0.4 is 10.6 Å². The van der Waals surface area contributed by atoms with Crippen LogP contribution in [0.15, 0.2) is 30.6 Å². The summed E-state index contributed by atoms with van der Waals surface area (Å²) in [4.78, 5) is 24.5. The number of hydrogen-bond acceptors (Lipinski definition) is 9. The number of carbonyl (C=O) groups excluding carboxylic acids is 1. The molecule has 3 aromatic rings. The average molecular weight is 430 g/mol. The van der Waals surface area contributed by atoms with E-state index < -0.39 is 30.4 Å². The molecule has 154 valence electrons. The summed E-state index contributed by atoms with van der Waals surface area (Å²) < 4.78 is 6.94. The number of anilines is 2. The van der Waals surface area contributed by atoms with Gasteiger partial charge in [0.15, 0.2) is 29.3 Å². The molecule has 4 rings (SSSR count). The Bertz CT molecular complexity index is 1160. The first-order valence-electron chi connectivity index (χ1n) is 8.83. The molecule has 3 heterocycles. The fourth-order valence-electron chi connectivity index (χ4n) is 3.21. The molecule has 4 N–H and O–H groups in total. The van der Waals surface area contributed by atoms with E-state index in [1.165, 1.54) is 17.9 Å². The molecule has 11 nitrogen and oxygen atoms in total. The number of imidazole rings is 1. The first-order valence-corrected chi connectivity index (χ1v) is 9.21. The topological polar surface area (TPSA) is 158 Å². The second-order valence-corrected chi connectivity index (χ2v) is 6.86. The smallest absolute Gasteiger partial charge is 0.251 e. The van der Waals surface area contributed by atoms with Crippen LogP contribution in [0.5, 0.6) is 0 Å². The minimum absolute atomic E-state index is 0.0981. The summed E-state index contributed by atoms with van der Waals surface area (Å²) in [6, 6.07) is 8.80. The summed E-state index contributed by atoms with van der Waals surface area (Å²) in [6.45, 7) is 0. The number of nitrogens with zero attached hydrogens (tertiary/aromatic N) is 5. The van der Waals surface area contributed by atoms with Gasteiger partial charge in [-0.1, -0.05) is 6.07 Å². The number of fused-ring (bicyclic) bond motifs is 1. The Morgan fingerprint density at radius 2 is 2.13 bits per heavy atom. The van der Waals surface area contributed by atoms with Crippen molar-refractivity contribution in [1.82, 2.24) is 24.8 Å². The molecule has 1 aliphatic rings. The Hall–Kier alpha value is -3.30. The van der Waals surface area contributed by atoms with E-state index in [0.717, 1.165) is 0 Å². The monoisotopic (exact) mass is 429 g/mol. The van der Waals surface area contributed by atoms with Crippen LogP contribution in [0.2, 0.25) is 5.28 Å². The molecule has 1 fully saturated rings. The van der Waals surface area contributed by atoms with E-state index in [0.29, 0.717) is 16.8 Å². The maximum Gasteiger partial charge on any atom is 0.251 e. The lowest BCUT2D eigenvalue weighted by Gasteiger charge is -2.16. The molecule has 0 unspecified atom stereocenters. The molecular weight excluding hydrogens is 414 g/mol. The lowest BCUT2D eigenvalue weighted by Crippen LogP contribution is -2.41. The van der Waals surface area contributed by atoms with Gasteiger partial charge in [-0.05, 0) is 29.8 Å². The molecule has 0 spiro atoms. The van der Waals surface area contributed by atoms with Crippen molar-refractivity contribution in [2.75, 3.05) is 12.4 Å². The summed E-state index contributed by atoms with van der Waals surface area (Å²) in [5, 5.41) is 35.0. The van der Waals surface area contributed by atoms with E-state index in [2.05, 4.69) is 31.7 Å². The minimum atomic E-state index is -1.43. The molecule has 12 heteroatoms. The third-order valence-corrected chi connectivity index (χ3v) is 4.83. The van der Waals surface area contributed by atoms with Crippen LogP contribution >= 0.6 is 11.6 Å². The Kier molecular flexibility index (Phi) is 5.23. The van der Waals surface area contributed by atoms with Gasteiger partial charge in [-0.15, -0.1) is 0 Å². The van der Waals surface area contributed by atoms with Crippen molar-refractivity contribution in [3.8, 4) is 6.07 Å². The maximum atomic E-state index is 11.9. The SMILES string of the molecule is CNC(=O)[C@H]1O[C@@H](n2cnc3c(Nc4cccc(C#N)c4)nc(Cl)nc32)[C@H](O)[C@@H]1O. The van der Waals surface area contributed by atoms with Gasteiger partial charge in [-0.25, -0.2) is 4.98 Å². The summed E-state index contributed by atoms with van der Waals surface area (Å²) in [5.41, 5.74) is 1.59. The van der Waals surface area contributed by atoms with Crippen molar-refractivity contribution in [2.24, 2.45) is 0 Å². The number of aliphatic hydroxyl groups is 2. The molecule has 4 atom stereocenters. The van der Waals surface area contributed by atoms with Crippen LogP contribution in [-0.4, -0.2) is 61.0 Å². The van der Waals surface area contributed by atoms with Crippen LogP contribution in [-0.2, 0) is 9.53 Å². The normalized spacial score (nSPS) is 23.3. The van der Waals surface area contributed by atoms with Gasteiger partial charge >= 0.3 is 0 Å². The molecule has 1 saturated heterocycles. The van der Waals surface area contributed by atoms with Gasteiger partial charge in [-0.2, -0.15) is 15.2 Å². The van der Waals surface area contributed by atoms with E-state index in [9.17, 15) is 15.0 Å². The number of likely N-dealkylation sites (N-methyl/N-ethyl adjacent to an activating group) is 1. The van der Waals surface area contributed by atoms with Crippen LogP contribution in [0.3, 0.4) is 0 Å². The van der Waals surface area contributed by atoms with Crippen molar-refractivity contribution < 1.29 is 19.7 Å². The fraction of sp³-hybridized carbons (Fsp3) is 0.278. The predicted molar refractivity (Wildman–Crippen MR) is 105 cm³/mol. The number of benzene rings is 1. The number of halogens is 1. The van der Waals surface area contributed by atoms with E-state index >= 15 is 0 Å². The molecule has 1 amide bonds. The largest absolute Gasteiger partial charge is 0.387 e. The highest BCUT2D eigenvalue weighted by molar-refractivity contribution is 6.28. The van der Waals surface area contributed by atoms with Crippen molar-refractivity contribution >= 4 is 40.2 Å². The zero-order valence-electron chi connectivity index (χ0n) is 15.5. The number of nitriles is 1. The first-order chi connectivity index (χ1) is 14.4. The third-order valence-electron chi connectivity index (χ3n) is 4.67. The highest BCUT2D eigenvalue weighted by Crippen LogP contribution is 2.33. The van der Waals surface area contributed by atoms with E-state index in [4.69, 9.17) is 21.6 Å². The number of hydrogen-bond donors (Lipinski definition) is 4. The van der Waals surface area contributed by atoms with E-state index in [-0.39, 0.29) is 16.7 Å². The van der Waals surface area contributed by atoms with Gasteiger partial charge in [-0.3, -0.25) is 9.36 Å². The van der Waals surface area contributed by atoms with E-state index in [1.54, 1.807) is 24.3 Å². The number of aliphatic hydroxyl groups excluding tert-OH is 2. The zero-order chi connectivity index (χ0) is 21.4. The lowest BCUT2D eigenvalue weighted by atomic mass is 10.1. The second kappa shape index (κ2) is 7.85. The zero-order valence-corrected chi connectivity index (χ0v) is 16.3. The Morgan fingerprint density at radius 3 is 2.87 bits per heavy atom. The van der Waals surface area contributed by atoms with Gasteiger partial charge in [0.25, 0.3) is 5.91 Å². The Morgan fingerprint density at radius 1 is 1.33 bits per heavy atom.